The third kappa shape index (κ3) is 4.13. The number of nitrogens with two attached hydrogens (primary N) is 1. The topological polar surface area (TPSA) is 62.3 Å². The average molecular weight is 249 g/mol. The van der Waals surface area contributed by atoms with Gasteiger partial charge in [0.2, 0.25) is 0 Å². The Bertz CT molecular complexity index is 392. The standard InChI is InChI=1S/C14H23N3O/c1-4-17(11(2)10-18-3)9-12-6-5-7-13(8-12)14(15)16/h5-8,11H,4,9-10H2,1-3H3,(H3,15,16). The zero-order valence-electron chi connectivity index (χ0n) is 11.4. The maximum Gasteiger partial charge on any atom is 0.122 e. The molecule has 0 fully saturated rings. The molecule has 1 aromatic carbocycles. The predicted octanol–water partition coefficient (Wildman–Crippen LogP) is 1.83. The van der Waals surface area contributed by atoms with Crippen LogP contribution in [0.3, 0.4) is 0 Å². The number of hydrogen-bond acceptors (Lipinski definition) is 3. The van der Waals surface area contributed by atoms with Crippen LogP contribution in [0.15, 0.2) is 24.3 Å². The maximum absolute atomic E-state index is 7.45. The van der Waals surface area contributed by atoms with Crippen LogP contribution in [0.4, 0.5) is 0 Å². The molecule has 0 bridgehead atoms. The second-order valence-electron chi connectivity index (χ2n) is 4.48. The molecule has 0 heterocycles. The van der Waals surface area contributed by atoms with Gasteiger partial charge in [-0.05, 0) is 25.1 Å². The fourth-order valence-corrected chi connectivity index (χ4v) is 2.00. The van der Waals surface area contributed by atoms with Crippen LogP contribution in [-0.4, -0.2) is 37.0 Å². The number of ether oxygens (including phenoxy) is 1. The first-order valence-electron chi connectivity index (χ1n) is 6.24. The number of likely N-dealkylation sites (N-methyl/N-ethyl adjacent to an activating group) is 1. The molecule has 4 heteroatoms. The van der Waals surface area contributed by atoms with Gasteiger partial charge in [-0.15, -0.1) is 0 Å². The molecule has 0 aliphatic rings. The van der Waals surface area contributed by atoms with E-state index in [0.717, 1.165) is 25.3 Å². The van der Waals surface area contributed by atoms with Gasteiger partial charge in [-0.3, -0.25) is 10.3 Å². The smallest absolute Gasteiger partial charge is 0.122 e. The highest BCUT2D eigenvalue weighted by Crippen LogP contribution is 2.10. The van der Waals surface area contributed by atoms with Crippen molar-refractivity contribution in [3.63, 3.8) is 0 Å². The van der Waals surface area contributed by atoms with Crippen LogP contribution in [0.2, 0.25) is 0 Å². The summed E-state index contributed by atoms with van der Waals surface area (Å²) in [6.07, 6.45) is 0. The quantitative estimate of drug-likeness (QED) is 0.572. The van der Waals surface area contributed by atoms with E-state index in [0.29, 0.717) is 6.04 Å². The summed E-state index contributed by atoms with van der Waals surface area (Å²) in [6, 6.07) is 8.22. The van der Waals surface area contributed by atoms with Gasteiger partial charge in [-0.25, -0.2) is 0 Å². The summed E-state index contributed by atoms with van der Waals surface area (Å²) >= 11 is 0. The van der Waals surface area contributed by atoms with Crippen LogP contribution in [0, 0.1) is 5.41 Å². The first-order chi connectivity index (χ1) is 8.58. The van der Waals surface area contributed by atoms with Gasteiger partial charge < -0.3 is 10.5 Å². The van der Waals surface area contributed by atoms with Crippen LogP contribution in [-0.2, 0) is 11.3 Å². The molecule has 4 nitrogen and oxygen atoms in total. The lowest BCUT2D eigenvalue weighted by atomic mass is 10.1. The second-order valence-corrected chi connectivity index (χ2v) is 4.48. The van der Waals surface area contributed by atoms with Crippen molar-refractivity contribution in [1.82, 2.24) is 4.90 Å². The van der Waals surface area contributed by atoms with Gasteiger partial charge in [0, 0.05) is 25.3 Å². The SMILES string of the molecule is CCN(Cc1cccc(C(=N)N)c1)C(C)COC. The summed E-state index contributed by atoms with van der Waals surface area (Å²) in [6.45, 7) is 6.83. The molecule has 0 radical (unpaired) electrons. The molecule has 0 amide bonds. The minimum absolute atomic E-state index is 0.116. The molecule has 3 N–H and O–H groups in total. The van der Waals surface area contributed by atoms with Crippen molar-refractivity contribution < 1.29 is 4.74 Å². The van der Waals surface area contributed by atoms with Gasteiger partial charge in [0.1, 0.15) is 5.84 Å². The van der Waals surface area contributed by atoms with Crippen LogP contribution in [0.25, 0.3) is 0 Å². The van der Waals surface area contributed by atoms with E-state index < -0.39 is 0 Å². The Kier molecular flexibility index (Phi) is 5.82. The van der Waals surface area contributed by atoms with Gasteiger partial charge in [-0.2, -0.15) is 0 Å². The molecule has 0 spiro atoms. The summed E-state index contributed by atoms with van der Waals surface area (Å²) in [5.74, 6) is 0.116. The highest BCUT2D eigenvalue weighted by atomic mass is 16.5. The molecule has 0 aliphatic heterocycles. The molecule has 0 aromatic heterocycles. The summed E-state index contributed by atoms with van der Waals surface area (Å²) < 4.78 is 5.19. The number of nitrogen functional groups attached to an aromatic ring is 1. The molecular formula is C14H23N3O. The normalized spacial score (nSPS) is 12.7. The van der Waals surface area contributed by atoms with E-state index in [1.165, 1.54) is 5.56 Å². The lowest BCUT2D eigenvalue weighted by Crippen LogP contribution is -2.35. The Morgan fingerprint density at radius 3 is 2.78 bits per heavy atom. The minimum atomic E-state index is 0.116. The average Bonchev–Trinajstić information content (AvgIpc) is 2.36. The first kappa shape index (κ1) is 14.7. The number of methoxy groups -OCH3 is 1. The lowest BCUT2D eigenvalue weighted by molar-refractivity contribution is 0.0982. The van der Waals surface area contributed by atoms with Crippen LogP contribution >= 0.6 is 0 Å². The van der Waals surface area contributed by atoms with Gasteiger partial charge >= 0.3 is 0 Å². The molecule has 0 saturated heterocycles. The third-order valence-corrected chi connectivity index (χ3v) is 3.06. The summed E-state index contributed by atoms with van der Waals surface area (Å²) in [7, 11) is 1.72. The molecule has 1 rings (SSSR count). The van der Waals surface area contributed by atoms with E-state index in [9.17, 15) is 0 Å². The molecule has 0 saturated carbocycles. The Morgan fingerprint density at radius 2 is 2.22 bits per heavy atom. The third-order valence-electron chi connectivity index (χ3n) is 3.06. The van der Waals surface area contributed by atoms with Gasteiger partial charge in [0.25, 0.3) is 0 Å². The fourth-order valence-electron chi connectivity index (χ4n) is 2.00. The van der Waals surface area contributed by atoms with Gasteiger partial charge in [0.05, 0.1) is 6.61 Å². The second kappa shape index (κ2) is 7.13. The summed E-state index contributed by atoms with van der Waals surface area (Å²) in [5.41, 5.74) is 7.46. The van der Waals surface area contributed by atoms with Crippen LogP contribution in [0.5, 0.6) is 0 Å². The number of rotatable bonds is 7. The Morgan fingerprint density at radius 1 is 1.50 bits per heavy atom. The maximum atomic E-state index is 7.45. The number of hydrogen-bond donors (Lipinski definition) is 2. The van der Waals surface area contributed by atoms with E-state index in [-0.39, 0.29) is 5.84 Å². The lowest BCUT2D eigenvalue weighted by Gasteiger charge is -2.27. The largest absolute Gasteiger partial charge is 0.384 e. The van der Waals surface area contributed by atoms with E-state index in [2.05, 4.69) is 24.8 Å². The van der Waals surface area contributed by atoms with E-state index in [1.807, 2.05) is 18.2 Å². The summed E-state index contributed by atoms with van der Waals surface area (Å²) in [5, 5.41) is 7.45. The molecule has 100 valence electrons. The van der Waals surface area contributed by atoms with Crippen LogP contribution in [0.1, 0.15) is 25.0 Å². The van der Waals surface area contributed by atoms with E-state index in [4.69, 9.17) is 15.9 Å². The highest BCUT2D eigenvalue weighted by Gasteiger charge is 2.12. The van der Waals surface area contributed by atoms with Crippen molar-refractivity contribution in [2.75, 3.05) is 20.3 Å². The van der Waals surface area contributed by atoms with E-state index in [1.54, 1.807) is 7.11 Å². The van der Waals surface area contributed by atoms with Crippen molar-refractivity contribution in [2.24, 2.45) is 5.73 Å². The first-order valence-corrected chi connectivity index (χ1v) is 6.24. The monoisotopic (exact) mass is 249 g/mol. The molecule has 1 unspecified atom stereocenters. The molecule has 1 aromatic rings. The van der Waals surface area contributed by atoms with E-state index >= 15 is 0 Å². The molecular weight excluding hydrogens is 226 g/mol. The molecule has 18 heavy (non-hydrogen) atoms. The Balaban J connectivity index is 2.75. The highest BCUT2D eigenvalue weighted by molar-refractivity contribution is 5.95. The predicted molar refractivity (Wildman–Crippen MR) is 74.9 cm³/mol. The number of amidine groups is 1. The molecule has 1 atom stereocenters. The number of nitrogens with zero attached hydrogens (tertiary/aromatic N) is 1. The van der Waals surface area contributed by atoms with Gasteiger partial charge in [-0.1, -0.05) is 25.1 Å². The van der Waals surface area contributed by atoms with Crippen molar-refractivity contribution in [2.45, 2.75) is 26.4 Å². The summed E-state index contributed by atoms with van der Waals surface area (Å²) in [4.78, 5) is 2.34. The number of benzene rings is 1. The van der Waals surface area contributed by atoms with Crippen LogP contribution < -0.4 is 5.73 Å². The van der Waals surface area contributed by atoms with Crippen molar-refractivity contribution >= 4 is 5.84 Å². The van der Waals surface area contributed by atoms with Gasteiger partial charge in [0.15, 0.2) is 0 Å². The van der Waals surface area contributed by atoms with Crippen molar-refractivity contribution in [1.29, 1.82) is 5.41 Å². The van der Waals surface area contributed by atoms with Crippen molar-refractivity contribution in [3.05, 3.63) is 35.4 Å². The Labute approximate surface area is 109 Å². The zero-order chi connectivity index (χ0) is 13.5. The molecule has 0 aliphatic carbocycles. The van der Waals surface area contributed by atoms with Crippen molar-refractivity contribution in [3.8, 4) is 0 Å². The fraction of sp³-hybridized carbons (Fsp3) is 0.500. The zero-order valence-corrected chi connectivity index (χ0v) is 11.4. The number of nitrogens with one attached hydrogen (secondary N) is 1. The Hall–Kier alpha value is -1.39. The minimum Gasteiger partial charge on any atom is -0.384 e.